The maximum absolute atomic E-state index is 14.0. The van der Waals surface area contributed by atoms with Gasteiger partial charge < -0.3 is 10.6 Å². The first-order chi connectivity index (χ1) is 9.47. The molecule has 0 aromatic heterocycles. The molecule has 0 fully saturated rings. The highest BCUT2D eigenvalue weighted by Gasteiger charge is 2.10. The largest absolute Gasteiger partial charge is 0.389 e. The van der Waals surface area contributed by atoms with Crippen LogP contribution in [-0.2, 0) is 6.54 Å². The van der Waals surface area contributed by atoms with E-state index in [4.69, 9.17) is 29.6 Å². The van der Waals surface area contributed by atoms with Crippen molar-refractivity contribution < 1.29 is 4.39 Å². The number of nitrogens with two attached hydrogens (primary N) is 1. The third-order valence-corrected chi connectivity index (χ3v) is 3.46. The number of nitrogens with zero attached hydrogens (tertiary/aromatic N) is 1. The van der Waals surface area contributed by atoms with E-state index in [1.807, 2.05) is 36.2 Å². The smallest absolute Gasteiger partial charge is 0.147 e. The van der Waals surface area contributed by atoms with Gasteiger partial charge in [0.05, 0.1) is 5.69 Å². The summed E-state index contributed by atoms with van der Waals surface area (Å²) in [4.78, 5) is 2.01. The molecule has 0 spiro atoms. The van der Waals surface area contributed by atoms with Gasteiger partial charge >= 0.3 is 0 Å². The molecule has 2 aromatic carbocycles. The molecule has 0 amide bonds. The lowest BCUT2D eigenvalue weighted by Gasteiger charge is -2.20. The van der Waals surface area contributed by atoms with Gasteiger partial charge in [-0.2, -0.15) is 0 Å². The summed E-state index contributed by atoms with van der Waals surface area (Å²) < 4.78 is 14.0. The summed E-state index contributed by atoms with van der Waals surface area (Å²) in [6.45, 7) is 0.584. The zero-order chi connectivity index (χ0) is 14.7. The number of anilines is 1. The summed E-state index contributed by atoms with van der Waals surface area (Å²) >= 11 is 10.7. The number of halogens is 2. The Morgan fingerprint density at radius 3 is 2.45 bits per heavy atom. The second kappa shape index (κ2) is 6.20. The Morgan fingerprint density at radius 2 is 1.90 bits per heavy atom. The van der Waals surface area contributed by atoms with Gasteiger partial charge in [0.15, 0.2) is 0 Å². The molecule has 0 heterocycles. The second-order valence-electron chi connectivity index (χ2n) is 4.51. The Labute approximate surface area is 128 Å². The van der Waals surface area contributed by atoms with Gasteiger partial charge in [0.1, 0.15) is 10.8 Å². The van der Waals surface area contributed by atoms with Crippen molar-refractivity contribution in [2.24, 2.45) is 5.73 Å². The van der Waals surface area contributed by atoms with Crippen molar-refractivity contribution in [3.8, 4) is 0 Å². The first-order valence-corrected chi connectivity index (χ1v) is 6.81. The zero-order valence-electron chi connectivity index (χ0n) is 10.9. The normalized spacial score (nSPS) is 10.3. The van der Waals surface area contributed by atoms with Gasteiger partial charge in [-0.25, -0.2) is 4.39 Å². The fraction of sp³-hybridized carbons (Fsp3) is 0.133. The van der Waals surface area contributed by atoms with Crippen LogP contribution < -0.4 is 10.6 Å². The molecule has 0 aliphatic rings. The van der Waals surface area contributed by atoms with Crippen molar-refractivity contribution >= 4 is 34.5 Å². The van der Waals surface area contributed by atoms with E-state index in [2.05, 4.69) is 0 Å². The van der Waals surface area contributed by atoms with Gasteiger partial charge in [0, 0.05) is 24.2 Å². The van der Waals surface area contributed by atoms with Crippen molar-refractivity contribution in [1.82, 2.24) is 0 Å². The molecule has 0 aliphatic carbocycles. The predicted molar refractivity (Wildman–Crippen MR) is 85.8 cm³/mol. The summed E-state index contributed by atoms with van der Waals surface area (Å²) in [5.74, 6) is -0.341. The van der Waals surface area contributed by atoms with Crippen LogP contribution in [0, 0.1) is 5.82 Å². The molecule has 0 saturated carbocycles. The lowest BCUT2D eigenvalue weighted by molar-refractivity contribution is 0.622. The molecule has 0 aliphatic heterocycles. The Bertz CT molecular complexity index is 628. The summed E-state index contributed by atoms with van der Waals surface area (Å²) in [7, 11) is 1.83. The van der Waals surface area contributed by atoms with Crippen molar-refractivity contribution in [3.05, 3.63) is 64.4 Å². The van der Waals surface area contributed by atoms with Crippen LogP contribution in [0.2, 0.25) is 5.02 Å². The number of thiocarbonyl (C=S) groups is 1. The predicted octanol–water partition coefficient (Wildman–Crippen LogP) is 3.75. The quantitative estimate of drug-likeness (QED) is 0.872. The van der Waals surface area contributed by atoms with Gasteiger partial charge in [-0.05, 0) is 35.9 Å². The van der Waals surface area contributed by atoms with Crippen LogP contribution in [0.15, 0.2) is 42.5 Å². The molecule has 2 nitrogen and oxygen atoms in total. The molecule has 2 rings (SSSR count). The van der Waals surface area contributed by atoms with Crippen LogP contribution in [-0.4, -0.2) is 12.0 Å². The van der Waals surface area contributed by atoms with Crippen molar-refractivity contribution in [2.45, 2.75) is 6.54 Å². The van der Waals surface area contributed by atoms with Crippen LogP contribution in [0.25, 0.3) is 0 Å². The average molecular weight is 309 g/mol. The van der Waals surface area contributed by atoms with Crippen LogP contribution in [0.1, 0.15) is 11.1 Å². The average Bonchev–Trinajstić information content (AvgIpc) is 2.41. The summed E-state index contributed by atoms with van der Waals surface area (Å²) in [5.41, 5.74) is 7.56. The molecule has 0 radical (unpaired) electrons. The highest BCUT2D eigenvalue weighted by molar-refractivity contribution is 7.80. The lowest BCUT2D eigenvalue weighted by Crippen LogP contribution is -2.18. The molecule has 0 saturated heterocycles. The minimum atomic E-state index is -0.341. The first kappa shape index (κ1) is 14.8. The lowest BCUT2D eigenvalue weighted by atomic mass is 10.1. The third kappa shape index (κ3) is 3.46. The van der Waals surface area contributed by atoms with Crippen molar-refractivity contribution in [1.29, 1.82) is 0 Å². The minimum absolute atomic E-state index is 0.191. The van der Waals surface area contributed by atoms with E-state index < -0.39 is 0 Å². The van der Waals surface area contributed by atoms with Gasteiger partial charge in [0.2, 0.25) is 0 Å². The van der Waals surface area contributed by atoms with E-state index in [-0.39, 0.29) is 10.8 Å². The van der Waals surface area contributed by atoms with Crippen LogP contribution in [0.4, 0.5) is 10.1 Å². The van der Waals surface area contributed by atoms with Crippen LogP contribution >= 0.6 is 23.8 Å². The van der Waals surface area contributed by atoms with E-state index in [0.717, 1.165) is 5.56 Å². The van der Waals surface area contributed by atoms with Crippen molar-refractivity contribution in [3.63, 3.8) is 0 Å². The highest BCUT2D eigenvalue weighted by atomic mass is 35.5. The maximum Gasteiger partial charge on any atom is 0.147 e. The van der Waals surface area contributed by atoms with Crippen LogP contribution in [0.3, 0.4) is 0 Å². The monoisotopic (exact) mass is 308 g/mol. The zero-order valence-corrected chi connectivity index (χ0v) is 12.5. The highest BCUT2D eigenvalue weighted by Crippen LogP contribution is 2.21. The second-order valence-corrected chi connectivity index (χ2v) is 5.39. The van der Waals surface area contributed by atoms with E-state index in [9.17, 15) is 4.39 Å². The summed E-state index contributed by atoms with van der Waals surface area (Å²) in [5, 5.41) is 0.684. The maximum atomic E-state index is 14.0. The number of rotatable bonds is 4. The molecule has 20 heavy (non-hydrogen) atoms. The van der Waals surface area contributed by atoms with E-state index in [1.165, 1.54) is 6.07 Å². The van der Waals surface area contributed by atoms with Crippen LogP contribution in [0.5, 0.6) is 0 Å². The standard InChI is InChI=1S/C15H14ClFN2S/c1-19(9-10-2-5-12(16)6-3-10)14-7-4-11(15(18)20)8-13(14)17/h2-8H,9H2,1H3,(H2,18,20). The van der Waals surface area contributed by atoms with Gasteiger partial charge in [-0.15, -0.1) is 0 Å². The molecule has 0 unspecified atom stereocenters. The summed E-state index contributed by atoms with van der Waals surface area (Å²) in [6.07, 6.45) is 0. The first-order valence-electron chi connectivity index (χ1n) is 6.02. The number of benzene rings is 2. The molecule has 2 N–H and O–H groups in total. The molecular formula is C15H14ClFN2S. The van der Waals surface area contributed by atoms with Crippen molar-refractivity contribution in [2.75, 3.05) is 11.9 Å². The molecule has 104 valence electrons. The van der Waals surface area contributed by atoms with E-state index >= 15 is 0 Å². The van der Waals surface area contributed by atoms with E-state index in [1.54, 1.807) is 12.1 Å². The van der Waals surface area contributed by atoms with Gasteiger partial charge in [-0.3, -0.25) is 0 Å². The molecule has 0 atom stereocenters. The molecule has 0 bridgehead atoms. The Kier molecular flexibility index (Phi) is 4.57. The van der Waals surface area contributed by atoms with Gasteiger partial charge in [0.25, 0.3) is 0 Å². The number of hydrogen-bond acceptors (Lipinski definition) is 2. The van der Waals surface area contributed by atoms with Gasteiger partial charge in [-0.1, -0.05) is 36.0 Å². The topological polar surface area (TPSA) is 29.3 Å². The molecular weight excluding hydrogens is 295 g/mol. The molecule has 2 aromatic rings. The fourth-order valence-electron chi connectivity index (χ4n) is 1.92. The van der Waals surface area contributed by atoms with E-state index in [0.29, 0.717) is 22.8 Å². The Hall–Kier alpha value is -1.65. The Balaban J connectivity index is 2.18. The fourth-order valence-corrected chi connectivity index (χ4v) is 2.17. The number of hydrogen-bond donors (Lipinski definition) is 1. The Morgan fingerprint density at radius 1 is 1.25 bits per heavy atom. The SMILES string of the molecule is CN(Cc1ccc(Cl)cc1)c1ccc(C(N)=S)cc1F. The molecule has 5 heteroatoms. The third-order valence-electron chi connectivity index (χ3n) is 2.98. The summed E-state index contributed by atoms with van der Waals surface area (Å²) in [6, 6.07) is 12.2. The minimum Gasteiger partial charge on any atom is -0.389 e.